The normalized spacial score (nSPS) is 13.7. The summed E-state index contributed by atoms with van der Waals surface area (Å²) in [5.74, 6) is -0.748. The Morgan fingerprint density at radius 2 is 1.60 bits per heavy atom. The number of nitrogens with zero attached hydrogens (tertiary/aromatic N) is 1. The molecule has 2 N–H and O–H groups in total. The molecule has 35 heavy (non-hydrogen) atoms. The highest BCUT2D eigenvalue weighted by Gasteiger charge is 2.38. The minimum atomic E-state index is -0.835. The highest BCUT2D eigenvalue weighted by Crippen LogP contribution is 2.27. The second-order valence-corrected chi connectivity index (χ2v) is 11.7. The molecular weight excluding hydrogens is 442 g/mol. The van der Waals surface area contributed by atoms with Gasteiger partial charge in [-0.15, -0.1) is 0 Å². The number of nitrogens with one attached hydrogen (secondary N) is 2. The van der Waals surface area contributed by atoms with E-state index in [2.05, 4.69) is 10.6 Å². The first-order chi connectivity index (χ1) is 16.0. The zero-order valence-corrected chi connectivity index (χ0v) is 23.7. The molecule has 1 rings (SSSR count). The summed E-state index contributed by atoms with van der Waals surface area (Å²) in [6.45, 7) is 21.3. The standard InChI is InChI=1S/C28H47N3O4/c1-12-13-16-31(25(33)22(18(2)3)29-26(34)35-28(9,10)11)23(24(32)30-27(6,7)8)21-15-14-19(4)20(5)17-21/h14-15,17-18,22-23H,12-13,16H2,1-11H3,(H,29,34)(H,30,32). The molecule has 1 aromatic rings. The van der Waals surface area contributed by atoms with E-state index in [0.717, 1.165) is 29.5 Å². The number of unbranched alkanes of at least 4 members (excludes halogenated alkanes) is 1. The summed E-state index contributed by atoms with van der Waals surface area (Å²) in [5.41, 5.74) is 1.75. The quantitative estimate of drug-likeness (QED) is 0.484. The number of amides is 3. The van der Waals surface area contributed by atoms with Crippen LogP contribution in [0, 0.1) is 19.8 Å². The smallest absolute Gasteiger partial charge is 0.408 e. The summed E-state index contributed by atoms with van der Waals surface area (Å²) in [5, 5.41) is 5.82. The third-order valence-electron chi connectivity index (χ3n) is 5.55. The first kappa shape index (κ1) is 30.5. The molecule has 0 aromatic heterocycles. The molecule has 0 aliphatic carbocycles. The molecule has 0 aliphatic heterocycles. The average Bonchev–Trinajstić information content (AvgIpc) is 2.68. The Morgan fingerprint density at radius 1 is 1.00 bits per heavy atom. The van der Waals surface area contributed by atoms with Gasteiger partial charge >= 0.3 is 6.09 Å². The van der Waals surface area contributed by atoms with E-state index >= 15 is 0 Å². The Hall–Kier alpha value is -2.57. The molecule has 2 unspecified atom stereocenters. The maximum atomic E-state index is 14.0. The van der Waals surface area contributed by atoms with Crippen molar-refractivity contribution in [3.05, 3.63) is 34.9 Å². The summed E-state index contributed by atoms with van der Waals surface area (Å²) in [7, 11) is 0. The highest BCUT2D eigenvalue weighted by atomic mass is 16.6. The predicted octanol–water partition coefficient (Wildman–Crippen LogP) is 5.44. The maximum absolute atomic E-state index is 14.0. The van der Waals surface area contributed by atoms with E-state index in [1.54, 1.807) is 25.7 Å². The number of ether oxygens (including phenoxy) is 1. The van der Waals surface area contributed by atoms with Gasteiger partial charge in [0.1, 0.15) is 17.7 Å². The van der Waals surface area contributed by atoms with E-state index in [0.29, 0.717) is 6.54 Å². The van der Waals surface area contributed by atoms with E-state index in [4.69, 9.17) is 4.74 Å². The van der Waals surface area contributed by atoms with Crippen LogP contribution < -0.4 is 10.6 Å². The number of hydrogen-bond acceptors (Lipinski definition) is 4. The van der Waals surface area contributed by atoms with Gasteiger partial charge in [0, 0.05) is 12.1 Å². The number of rotatable bonds is 9. The summed E-state index contributed by atoms with van der Waals surface area (Å²) in [6, 6.07) is 4.20. The van der Waals surface area contributed by atoms with Crippen LogP contribution >= 0.6 is 0 Å². The molecule has 0 heterocycles. The van der Waals surface area contributed by atoms with Crippen LogP contribution in [0.3, 0.4) is 0 Å². The van der Waals surface area contributed by atoms with Crippen LogP contribution in [0.5, 0.6) is 0 Å². The fourth-order valence-electron chi connectivity index (χ4n) is 3.67. The fourth-order valence-corrected chi connectivity index (χ4v) is 3.67. The van der Waals surface area contributed by atoms with Crippen molar-refractivity contribution in [3.63, 3.8) is 0 Å². The lowest BCUT2D eigenvalue weighted by molar-refractivity contribution is -0.144. The Labute approximate surface area is 212 Å². The van der Waals surface area contributed by atoms with Crippen LogP contribution in [0.25, 0.3) is 0 Å². The van der Waals surface area contributed by atoms with Gasteiger partial charge in [-0.3, -0.25) is 9.59 Å². The summed E-state index contributed by atoms with van der Waals surface area (Å²) in [4.78, 5) is 41.9. The molecule has 7 heteroatoms. The van der Waals surface area contributed by atoms with E-state index < -0.39 is 29.3 Å². The Bertz CT molecular complexity index is 881. The molecule has 0 spiro atoms. The van der Waals surface area contributed by atoms with E-state index in [1.165, 1.54) is 0 Å². The van der Waals surface area contributed by atoms with Crippen molar-refractivity contribution in [2.24, 2.45) is 5.92 Å². The van der Waals surface area contributed by atoms with Crippen LogP contribution in [0.15, 0.2) is 18.2 Å². The molecule has 0 aliphatic rings. The lowest BCUT2D eigenvalue weighted by Gasteiger charge is -2.37. The van der Waals surface area contributed by atoms with Crippen molar-refractivity contribution in [3.8, 4) is 0 Å². The predicted molar refractivity (Wildman–Crippen MR) is 141 cm³/mol. The number of carbonyl (C=O) groups excluding carboxylic acids is 3. The minimum Gasteiger partial charge on any atom is -0.444 e. The van der Waals surface area contributed by atoms with Crippen molar-refractivity contribution in [1.29, 1.82) is 0 Å². The largest absolute Gasteiger partial charge is 0.444 e. The van der Waals surface area contributed by atoms with Gasteiger partial charge in [0.15, 0.2) is 0 Å². The van der Waals surface area contributed by atoms with E-state index in [9.17, 15) is 14.4 Å². The molecular formula is C28H47N3O4. The van der Waals surface area contributed by atoms with Gasteiger partial charge in [-0.1, -0.05) is 45.4 Å². The maximum Gasteiger partial charge on any atom is 0.408 e. The van der Waals surface area contributed by atoms with Crippen molar-refractivity contribution in [2.75, 3.05) is 6.54 Å². The van der Waals surface area contributed by atoms with Crippen LogP contribution in [-0.4, -0.2) is 46.5 Å². The van der Waals surface area contributed by atoms with Gasteiger partial charge in [0.2, 0.25) is 11.8 Å². The van der Waals surface area contributed by atoms with Crippen LogP contribution in [0.4, 0.5) is 4.79 Å². The van der Waals surface area contributed by atoms with Crippen molar-refractivity contribution >= 4 is 17.9 Å². The van der Waals surface area contributed by atoms with Gasteiger partial charge in [0.05, 0.1) is 0 Å². The second-order valence-electron chi connectivity index (χ2n) is 11.7. The molecule has 0 fully saturated rings. The number of carbonyl (C=O) groups is 3. The summed E-state index contributed by atoms with van der Waals surface area (Å²) in [6.07, 6.45) is 0.936. The third kappa shape index (κ3) is 9.90. The van der Waals surface area contributed by atoms with Crippen molar-refractivity contribution in [2.45, 2.75) is 112 Å². The van der Waals surface area contributed by atoms with Crippen LogP contribution in [-0.2, 0) is 14.3 Å². The topological polar surface area (TPSA) is 87.7 Å². The number of hydrogen-bond donors (Lipinski definition) is 2. The molecule has 0 saturated carbocycles. The first-order valence-corrected chi connectivity index (χ1v) is 12.7. The zero-order valence-electron chi connectivity index (χ0n) is 23.7. The average molecular weight is 490 g/mol. The molecule has 0 saturated heterocycles. The Morgan fingerprint density at radius 3 is 2.06 bits per heavy atom. The molecule has 0 radical (unpaired) electrons. The van der Waals surface area contributed by atoms with Crippen LogP contribution in [0.2, 0.25) is 0 Å². The number of alkyl carbamates (subject to hydrolysis) is 1. The molecule has 3 amide bonds. The monoisotopic (exact) mass is 489 g/mol. The van der Waals surface area contributed by atoms with Gasteiger partial charge in [-0.2, -0.15) is 0 Å². The lowest BCUT2D eigenvalue weighted by Crippen LogP contribution is -2.56. The van der Waals surface area contributed by atoms with Gasteiger partial charge in [0.25, 0.3) is 0 Å². The minimum absolute atomic E-state index is 0.203. The number of aryl methyl sites for hydroxylation is 2. The molecule has 7 nitrogen and oxygen atoms in total. The molecule has 2 atom stereocenters. The van der Waals surface area contributed by atoms with Crippen LogP contribution in [0.1, 0.15) is 97.9 Å². The molecule has 198 valence electrons. The molecule has 1 aromatic carbocycles. The van der Waals surface area contributed by atoms with Crippen molar-refractivity contribution in [1.82, 2.24) is 15.5 Å². The second kappa shape index (κ2) is 12.4. The van der Waals surface area contributed by atoms with Gasteiger partial charge in [-0.05, 0) is 84.4 Å². The zero-order chi connectivity index (χ0) is 27.1. The Balaban J connectivity index is 3.53. The fraction of sp³-hybridized carbons (Fsp3) is 0.679. The van der Waals surface area contributed by atoms with E-state index in [-0.39, 0.29) is 17.7 Å². The van der Waals surface area contributed by atoms with Gasteiger partial charge < -0.3 is 20.3 Å². The van der Waals surface area contributed by atoms with E-state index in [1.807, 2.05) is 73.6 Å². The SMILES string of the molecule is CCCCN(C(=O)C(NC(=O)OC(C)(C)C)C(C)C)C(C(=O)NC(C)(C)C)c1ccc(C)c(C)c1. The highest BCUT2D eigenvalue weighted by molar-refractivity contribution is 5.92. The Kier molecular flexibility index (Phi) is 10.8. The first-order valence-electron chi connectivity index (χ1n) is 12.7. The third-order valence-corrected chi connectivity index (χ3v) is 5.55. The number of benzene rings is 1. The summed E-state index contributed by atoms with van der Waals surface area (Å²) < 4.78 is 5.42. The summed E-state index contributed by atoms with van der Waals surface area (Å²) >= 11 is 0. The van der Waals surface area contributed by atoms with Gasteiger partial charge in [-0.25, -0.2) is 4.79 Å². The lowest BCUT2D eigenvalue weighted by atomic mass is 9.95. The van der Waals surface area contributed by atoms with Crippen molar-refractivity contribution < 1.29 is 19.1 Å². The molecule has 0 bridgehead atoms.